The van der Waals surface area contributed by atoms with E-state index in [0.29, 0.717) is 25.7 Å². The Bertz CT molecular complexity index is 293. The van der Waals surface area contributed by atoms with E-state index in [2.05, 4.69) is 10.6 Å². The van der Waals surface area contributed by atoms with Crippen LogP contribution in [-0.4, -0.2) is 59.7 Å². The molecular formula is C16H39N4O6Y2-. The molecule has 0 aromatic rings. The van der Waals surface area contributed by atoms with Crippen LogP contribution in [0.3, 0.4) is 0 Å². The normalized spacial score (nSPS) is 7.39. The predicted molar refractivity (Wildman–Crippen MR) is 103 cm³/mol. The third-order valence-electron chi connectivity index (χ3n) is 1.91. The van der Waals surface area contributed by atoms with E-state index in [-0.39, 0.29) is 105 Å². The van der Waals surface area contributed by atoms with Gasteiger partial charge in [-0.05, 0) is 25.9 Å². The van der Waals surface area contributed by atoms with Crippen molar-refractivity contribution >= 4 is 17.8 Å². The Morgan fingerprint density at radius 3 is 1.14 bits per heavy atom. The van der Waals surface area contributed by atoms with E-state index in [1.54, 1.807) is 6.92 Å². The van der Waals surface area contributed by atoms with Gasteiger partial charge < -0.3 is 44.8 Å². The van der Waals surface area contributed by atoms with E-state index in [0.717, 1.165) is 13.1 Å². The van der Waals surface area contributed by atoms with Gasteiger partial charge in [-0.2, -0.15) is 0 Å². The van der Waals surface area contributed by atoms with Crippen molar-refractivity contribution in [3.05, 3.63) is 7.43 Å². The molecule has 2 radical (unpaired) electrons. The maximum atomic E-state index is 10.8. The van der Waals surface area contributed by atoms with Crippen LogP contribution in [0.1, 0.15) is 52.9 Å². The number of unbranched alkanes of at least 4 members (excludes halogenated alkanes) is 1. The molecule has 166 valence electrons. The molecule has 0 saturated carbocycles. The van der Waals surface area contributed by atoms with Crippen molar-refractivity contribution in [2.45, 2.75) is 52.9 Å². The first kappa shape index (κ1) is 46.6. The van der Waals surface area contributed by atoms with Crippen molar-refractivity contribution in [1.29, 1.82) is 0 Å². The Morgan fingerprint density at radius 2 is 1.00 bits per heavy atom. The number of nitrogens with one attached hydrogen (secondary N) is 2. The molecule has 0 bridgehead atoms. The summed E-state index contributed by atoms with van der Waals surface area (Å²) < 4.78 is 0. The van der Waals surface area contributed by atoms with E-state index in [4.69, 9.17) is 26.8 Å². The molecule has 0 aliphatic carbocycles. The minimum absolute atomic E-state index is 0. The third-order valence-corrected chi connectivity index (χ3v) is 1.91. The molecule has 0 rings (SSSR count). The number of amides is 2. The number of hydrogen-bond donors (Lipinski definition) is 7. The van der Waals surface area contributed by atoms with Crippen molar-refractivity contribution in [3.8, 4) is 0 Å². The molecule has 0 aromatic heterocycles. The maximum Gasteiger partial charge on any atom is 0.303 e. The molecule has 0 atom stereocenters. The van der Waals surface area contributed by atoms with Crippen LogP contribution in [0, 0.1) is 7.43 Å². The Hall–Kier alpha value is 0.458. The SMILES string of the molecule is CCC(=O)O.CCN.CCN.O=C(CCCCC(=O)NCO)NCO.[CH3-].[Y].[Y]. The van der Waals surface area contributed by atoms with E-state index < -0.39 is 5.97 Å². The second-order valence-corrected chi connectivity index (χ2v) is 4.29. The Kier molecular flexibility index (Phi) is 76.4. The molecule has 0 aromatic carbocycles. The summed E-state index contributed by atoms with van der Waals surface area (Å²) in [4.78, 5) is 31.0. The molecule has 2 amide bonds. The summed E-state index contributed by atoms with van der Waals surface area (Å²) in [6.07, 6.45) is 2.00. The van der Waals surface area contributed by atoms with Crippen LogP contribution in [0.5, 0.6) is 0 Å². The van der Waals surface area contributed by atoms with Crippen molar-refractivity contribution in [2.24, 2.45) is 11.5 Å². The third kappa shape index (κ3) is 71.8. The Labute approximate surface area is 220 Å². The van der Waals surface area contributed by atoms with Crippen LogP contribution in [0.25, 0.3) is 0 Å². The quantitative estimate of drug-likeness (QED) is 0.118. The van der Waals surface area contributed by atoms with Crippen LogP contribution >= 0.6 is 0 Å². The monoisotopic (exact) mass is 561 g/mol. The molecule has 12 heteroatoms. The van der Waals surface area contributed by atoms with Gasteiger partial charge in [-0.3, -0.25) is 14.4 Å². The van der Waals surface area contributed by atoms with Gasteiger partial charge in [0.15, 0.2) is 0 Å². The van der Waals surface area contributed by atoms with Crippen molar-refractivity contribution in [2.75, 3.05) is 26.6 Å². The molecule has 0 aliphatic rings. The number of aliphatic hydroxyl groups is 2. The molecule has 0 spiro atoms. The first-order valence-electron chi connectivity index (χ1n) is 8.17. The molecule has 0 aliphatic heterocycles. The van der Waals surface area contributed by atoms with Gasteiger partial charge in [0.25, 0.3) is 0 Å². The van der Waals surface area contributed by atoms with Crippen LogP contribution < -0.4 is 22.1 Å². The number of aliphatic hydroxyl groups excluding tert-OH is 2. The van der Waals surface area contributed by atoms with Crippen LogP contribution in [0.15, 0.2) is 0 Å². The Balaban J connectivity index is -0.0000000530. The topological polar surface area (TPSA) is 188 Å². The van der Waals surface area contributed by atoms with Crippen molar-refractivity contribution < 1.29 is 95.1 Å². The molecule has 10 nitrogen and oxygen atoms in total. The number of carboxylic acids is 1. The largest absolute Gasteiger partial charge is 0.481 e. The van der Waals surface area contributed by atoms with Gasteiger partial charge in [0.2, 0.25) is 11.8 Å². The summed E-state index contributed by atoms with van der Waals surface area (Å²) in [5, 5.41) is 28.8. The number of carbonyl (C=O) groups is 3. The number of aliphatic carboxylic acids is 1. The van der Waals surface area contributed by atoms with Gasteiger partial charge in [-0.1, -0.05) is 20.8 Å². The molecule has 0 heterocycles. The van der Waals surface area contributed by atoms with Crippen LogP contribution in [0.4, 0.5) is 0 Å². The van der Waals surface area contributed by atoms with Gasteiger partial charge in [0, 0.05) is 84.7 Å². The summed E-state index contributed by atoms with van der Waals surface area (Å²) in [7, 11) is 0. The number of hydrogen-bond acceptors (Lipinski definition) is 7. The zero-order chi connectivity index (χ0) is 20.5. The van der Waals surface area contributed by atoms with E-state index in [9.17, 15) is 14.4 Å². The van der Waals surface area contributed by atoms with Gasteiger partial charge in [-0.15, -0.1) is 0 Å². The number of nitrogens with two attached hydrogens (primary N) is 2. The van der Waals surface area contributed by atoms with Crippen molar-refractivity contribution in [3.63, 3.8) is 0 Å². The molecule has 0 saturated heterocycles. The van der Waals surface area contributed by atoms with E-state index in [1.165, 1.54) is 0 Å². The van der Waals surface area contributed by atoms with E-state index >= 15 is 0 Å². The summed E-state index contributed by atoms with van der Waals surface area (Å²) in [5.74, 6) is -1.20. The summed E-state index contributed by atoms with van der Waals surface area (Å²) in [6, 6.07) is 0. The van der Waals surface area contributed by atoms with Crippen LogP contribution in [-0.2, 0) is 79.8 Å². The molecule has 28 heavy (non-hydrogen) atoms. The zero-order valence-electron chi connectivity index (χ0n) is 17.7. The molecule has 0 unspecified atom stereocenters. The zero-order valence-corrected chi connectivity index (χ0v) is 23.4. The number of carboxylic acid groups (broad SMARTS) is 1. The fourth-order valence-electron chi connectivity index (χ4n) is 0.924. The average Bonchev–Trinajstić information content (AvgIpc) is 2.54. The summed E-state index contributed by atoms with van der Waals surface area (Å²) in [5.41, 5.74) is 9.69. The van der Waals surface area contributed by atoms with E-state index in [1.807, 2.05) is 13.8 Å². The van der Waals surface area contributed by atoms with Gasteiger partial charge >= 0.3 is 5.97 Å². The second kappa shape index (κ2) is 45.9. The number of carbonyl (C=O) groups excluding carboxylic acids is 2. The maximum absolute atomic E-state index is 10.8. The van der Waals surface area contributed by atoms with Crippen molar-refractivity contribution in [1.82, 2.24) is 10.6 Å². The summed E-state index contributed by atoms with van der Waals surface area (Å²) in [6.45, 7) is 6.19. The minimum Gasteiger partial charge on any atom is -0.481 e. The average molecular weight is 561 g/mol. The standard InChI is InChI=1S/C8H16N2O4.C3H6O2.2C2H7N.CH3.2Y/c11-5-9-7(13)3-1-2-4-8(14)10-6-12;1-2-3(4)5;2*1-2-3;;;/h11-12H,1-6H2,(H,9,13)(H,10,14);2H2,1H3,(H,4,5);2*2-3H2,1H3;1H3;;/q;;;;-1;;. The number of rotatable bonds is 8. The van der Waals surface area contributed by atoms with Crippen LogP contribution in [0.2, 0.25) is 0 Å². The molecule has 9 N–H and O–H groups in total. The predicted octanol–water partition coefficient (Wildman–Crippen LogP) is -0.465. The molecule has 0 fully saturated rings. The first-order valence-corrected chi connectivity index (χ1v) is 8.17. The first-order chi connectivity index (χ1) is 11.8. The fraction of sp³-hybridized carbons (Fsp3) is 0.750. The van der Waals surface area contributed by atoms with Gasteiger partial charge in [-0.25, -0.2) is 0 Å². The molecular weight excluding hydrogens is 522 g/mol. The minimum atomic E-state index is -0.745. The fourth-order valence-corrected chi connectivity index (χ4v) is 0.924. The van der Waals surface area contributed by atoms with Gasteiger partial charge in [0.05, 0.1) is 0 Å². The van der Waals surface area contributed by atoms with Gasteiger partial charge in [0.1, 0.15) is 13.5 Å². The summed E-state index contributed by atoms with van der Waals surface area (Å²) >= 11 is 0. The smallest absolute Gasteiger partial charge is 0.303 e. The Morgan fingerprint density at radius 1 is 0.786 bits per heavy atom. The second-order valence-electron chi connectivity index (χ2n) is 4.29.